The smallest absolute Gasteiger partial charge is 0.214 e. The lowest BCUT2D eigenvalue weighted by atomic mass is 10.1. The third-order valence-electron chi connectivity index (χ3n) is 4.59. The third kappa shape index (κ3) is 4.90. The summed E-state index contributed by atoms with van der Waals surface area (Å²) in [4.78, 5) is 2.42. The minimum absolute atomic E-state index is 0.115. The lowest BCUT2D eigenvalue weighted by Crippen LogP contribution is -2.33. The molecule has 1 aliphatic carbocycles. The molecule has 4 nitrogen and oxygen atoms in total. The summed E-state index contributed by atoms with van der Waals surface area (Å²) in [6, 6.07) is 10.4. The molecule has 1 saturated heterocycles. The number of rotatable bonds is 7. The summed E-state index contributed by atoms with van der Waals surface area (Å²) >= 11 is 0. The zero-order valence-electron chi connectivity index (χ0n) is 13.7. The third-order valence-corrected chi connectivity index (χ3v) is 6.51. The van der Waals surface area contributed by atoms with Crippen molar-refractivity contribution >= 4 is 16.1 Å². The summed E-state index contributed by atoms with van der Waals surface area (Å²) in [5.74, 6) is 0.438. The molecule has 0 amide bonds. The molecule has 1 saturated carbocycles. The molecule has 0 aromatic heterocycles. The van der Waals surface area contributed by atoms with E-state index in [0.717, 1.165) is 38.9 Å². The first-order chi connectivity index (χ1) is 11.0. The molecule has 0 spiro atoms. The molecule has 0 bridgehead atoms. The Morgan fingerprint density at radius 3 is 2.70 bits per heavy atom. The molecule has 1 heterocycles. The standard InChI is InChI=1S/C18H26N2O2S/c1-15(11-16-5-3-2-4-6-16)13-20-10-9-17(14-20)12-19-23(21,22)18-7-8-18/h2-6,11,17-19H,7-10,12-14H2,1H3. The zero-order valence-corrected chi connectivity index (χ0v) is 14.6. The number of sulfonamides is 1. The minimum atomic E-state index is -3.04. The van der Waals surface area contributed by atoms with Crippen molar-refractivity contribution < 1.29 is 8.42 Å². The second-order valence-electron chi connectivity index (χ2n) is 6.88. The monoisotopic (exact) mass is 334 g/mol. The van der Waals surface area contributed by atoms with Gasteiger partial charge in [-0.3, -0.25) is 4.90 Å². The van der Waals surface area contributed by atoms with E-state index in [4.69, 9.17) is 0 Å². The van der Waals surface area contributed by atoms with Crippen LogP contribution in [0.25, 0.3) is 6.08 Å². The number of benzene rings is 1. The van der Waals surface area contributed by atoms with Gasteiger partial charge in [0.1, 0.15) is 0 Å². The van der Waals surface area contributed by atoms with Crippen LogP contribution in [0, 0.1) is 5.92 Å². The van der Waals surface area contributed by atoms with Gasteiger partial charge in [-0.05, 0) is 44.2 Å². The van der Waals surface area contributed by atoms with Gasteiger partial charge in [0.25, 0.3) is 0 Å². The maximum absolute atomic E-state index is 11.9. The van der Waals surface area contributed by atoms with Gasteiger partial charge >= 0.3 is 0 Å². The molecule has 1 unspecified atom stereocenters. The highest BCUT2D eigenvalue weighted by Gasteiger charge is 2.36. The summed E-state index contributed by atoms with van der Waals surface area (Å²) in [7, 11) is -3.04. The maximum atomic E-state index is 11.9. The summed E-state index contributed by atoms with van der Waals surface area (Å²) < 4.78 is 26.6. The SMILES string of the molecule is CC(=Cc1ccccc1)CN1CCC(CNS(=O)(=O)C2CC2)C1. The van der Waals surface area contributed by atoms with Crippen molar-refractivity contribution in [3.63, 3.8) is 0 Å². The lowest BCUT2D eigenvalue weighted by Gasteiger charge is -2.17. The van der Waals surface area contributed by atoms with Gasteiger partial charge in [-0.15, -0.1) is 0 Å². The molecule has 126 valence electrons. The molecular formula is C18H26N2O2S. The van der Waals surface area contributed by atoms with Crippen LogP contribution in [-0.4, -0.2) is 44.7 Å². The van der Waals surface area contributed by atoms with Crippen molar-refractivity contribution in [2.75, 3.05) is 26.2 Å². The summed E-state index contributed by atoms with van der Waals surface area (Å²) in [6.07, 6.45) is 4.96. The van der Waals surface area contributed by atoms with E-state index < -0.39 is 10.0 Å². The number of hydrogen-bond donors (Lipinski definition) is 1. The van der Waals surface area contributed by atoms with Crippen LogP contribution in [-0.2, 0) is 10.0 Å². The largest absolute Gasteiger partial charge is 0.299 e. The number of nitrogens with one attached hydrogen (secondary N) is 1. The molecule has 1 aromatic carbocycles. The van der Waals surface area contributed by atoms with Crippen molar-refractivity contribution in [3.8, 4) is 0 Å². The van der Waals surface area contributed by atoms with Crippen LogP contribution in [0.3, 0.4) is 0 Å². The lowest BCUT2D eigenvalue weighted by molar-refractivity contribution is 0.351. The van der Waals surface area contributed by atoms with E-state index in [2.05, 4.69) is 46.9 Å². The van der Waals surface area contributed by atoms with E-state index in [1.165, 1.54) is 11.1 Å². The van der Waals surface area contributed by atoms with E-state index >= 15 is 0 Å². The molecule has 2 aliphatic rings. The average molecular weight is 334 g/mol. The van der Waals surface area contributed by atoms with Crippen molar-refractivity contribution in [2.45, 2.75) is 31.4 Å². The molecule has 5 heteroatoms. The molecule has 1 aliphatic heterocycles. The minimum Gasteiger partial charge on any atom is -0.299 e. The van der Waals surface area contributed by atoms with Crippen molar-refractivity contribution in [3.05, 3.63) is 41.5 Å². The molecule has 1 aromatic rings. The fourth-order valence-corrected chi connectivity index (χ4v) is 4.65. The van der Waals surface area contributed by atoms with E-state index in [1.807, 2.05) is 6.07 Å². The first-order valence-corrected chi connectivity index (χ1v) is 10.0. The maximum Gasteiger partial charge on any atom is 0.214 e. The Morgan fingerprint density at radius 1 is 1.26 bits per heavy atom. The van der Waals surface area contributed by atoms with Crippen LogP contribution >= 0.6 is 0 Å². The quantitative estimate of drug-likeness (QED) is 0.833. The van der Waals surface area contributed by atoms with Gasteiger partial charge in [-0.25, -0.2) is 13.1 Å². The first-order valence-electron chi connectivity index (χ1n) is 8.46. The van der Waals surface area contributed by atoms with E-state index in [1.54, 1.807) is 0 Å². The molecule has 3 rings (SSSR count). The molecular weight excluding hydrogens is 308 g/mol. The fraction of sp³-hybridized carbons (Fsp3) is 0.556. The van der Waals surface area contributed by atoms with E-state index in [0.29, 0.717) is 12.5 Å². The Balaban J connectivity index is 1.45. The Kier molecular flexibility index (Phi) is 5.19. The van der Waals surface area contributed by atoms with Crippen LogP contribution in [0.4, 0.5) is 0 Å². The predicted octanol–water partition coefficient (Wildman–Crippen LogP) is 2.49. The molecule has 1 N–H and O–H groups in total. The van der Waals surface area contributed by atoms with Gasteiger partial charge in [0.05, 0.1) is 5.25 Å². The van der Waals surface area contributed by atoms with E-state index in [-0.39, 0.29) is 5.25 Å². The fourth-order valence-electron chi connectivity index (χ4n) is 3.19. The highest BCUT2D eigenvalue weighted by atomic mass is 32.2. The molecule has 0 radical (unpaired) electrons. The highest BCUT2D eigenvalue weighted by Crippen LogP contribution is 2.27. The van der Waals surface area contributed by atoms with Crippen LogP contribution in [0.15, 0.2) is 35.9 Å². The first kappa shape index (κ1) is 16.7. The number of hydrogen-bond acceptors (Lipinski definition) is 3. The Hall–Kier alpha value is -1.17. The normalized spacial score (nSPS) is 23.3. The van der Waals surface area contributed by atoms with E-state index in [9.17, 15) is 8.42 Å². The van der Waals surface area contributed by atoms with Crippen molar-refractivity contribution in [1.82, 2.24) is 9.62 Å². The molecule has 2 fully saturated rings. The van der Waals surface area contributed by atoms with Crippen LogP contribution in [0.2, 0.25) is 0 Å². The van der Waals surface area contributed by atoms with Gasteiger partial charge in [0.2, 0.25) is 10.0 Å². The van der Waals surface area contributed by atoms with Crippen molar-refractivity contribution in [1.29, 1.82) is 0 Å². The number of nitrogens with zero attached hydrogens (tertiary/aromatic N) is 1. The molecule has 1 atom stereocenters. The predicted molar refractivity (Wildman–Crippen MR) is 94.6 cm³/mol. The topological polar surface area (TPSA) is 49.4 Å². The summed E-state index contributed by atoms with van der Waals surface area (Å²) in [5.41, 5.74) is 2.58. The van der Waals surface area contributed by atoms with Crippen LogP contribution in [0.5, 0.6) is 0 Å². The van der Waals surface area contributed by atoms with Gasteiger partial charge in [0.15, 0.2) is 0 Å². The average Bonchev–Trinajstić information content (AvgIpc) is 3.29. The Bertz CT molecular complexity index is 651. The van der Waals surface area contributed by atoms with Gasteiger partial charge in [-0.1, -0.05) is 42.0 Å². The number of likely N-dealkylation sites (tertiary alicyclic amines) is 1. The van der Waals surface area contributed by atoms with Gasteiger partial charge in [-0.2, -0.15) is 0 Å². The second kappa shape index (κ2) is 7.16. The molecule has 23 heavy (non-hydrogen) atoms. The van der Waals surface area contributed by atoms with Crippen LogP contribution in [0.1, 0.15) is 31.7 Å². The highest BCUT2D eigenvalue weighted by molar-refractivity contribution is 7.90. The Morgan fingerprint density at radius 2 is 2.00 bits per heavy atom. The summed E-state index contributed by atoms with van der Waals surface area (Å²) in [6.45, 7) is 5.75. The Labute approximate surface area is 139 Å². The van der Waals surface area contributed by atoms with Gasteiger partial charge in [0, 0.05) is 19.6 Å². The second-order valence-corrected chi connectivity index (χ2v) is 8.93. The van der Waals surface area contributed by atoms with Crippen LogP contribution < -0.4 is 4.72 Å². The zero-order chi connectivity index (χ0) is 16.3. The van der Waals surface area contributed by atoms with Crippen molar-refractivity contribution in [2.24, 2.45) is 5.92 Å². The van der Waals surface area contributed by atoms with Gasteiger partial charge < -0.3 is 0 Å². The summed E-state index contributed by atoms with van der Waals surface area (Å²) in [5, 5.41) is -0.115.